The zero-order valence-corrected chi connectivity index (χ0v) is 49.5. The molecule has 88 heavy (non-hydrogen) atoms. The summed E-state index contributed by atoms with van der Waals surface area (Å²) in [5.41, 5.74) is 12.0. The van der Waals surface area contributed by atoms with Crippen LogP contribution in [0.4, 0.5) is 5.95 Å². The number of methoxy groups -OCH3 is 8. The molecule has 11 aromatic rings. The molecule has 0 saturated heterocycles. The normalized spacial score (nSPS) is 11.8. The Bertz CT molecular complexity index is 4530. The minimum Gasteiger partial charge on any atom is -0.496 e. The number of aliphatic imine (C=N–C) groups is 1. The van der Waals surface area contributed by atoms with Crippen molar-refractivity contribution in [2.45, 2.75) is 0 Å². The molecule has 0 fully saturated rings. The third kappa shape index (κ3) is 9.52. The molecule has 16 heteroatoms. The highest BCUT2D eigenvalue weighted by atomic mass is 16.5. The van der Waals surface area contributed by atoms with E-state index in [1.165, 1.54) is 0 Å². The number of rotatable bonds is 16. The first-order valence-corrected chi connectivity index (χ1v) is 28.2. The van der Waals surface area contributed by atoms with Gasteiger partial charge in [0.25, 0.3) is 11.7 Å². The standard InChI is InChI=1S/C72H58N8O8/c1-81-53-33-17-9-25-44(53)50-41-43-42-61-77-78-72(79(61)51-31-15-23-39-59(51)87-7)76-71-74-67(49-30-14-22-38-58(49)86-6)68(75-71)65(48-29-13-21-37-57(48)85-5)70-63(46-27-11-19-35-55(46)83-3)62(45-26-10-18-34-54(45)82-2)69(80(70)52-32-16-24-40-60(52)88-8)64(66(50)73-43)47-28-12-20-36-56(47)84-4/h9-42H,1-8H3. The average molecular weight is 1160 g/mol. The maximum Gasteiger partial charge on any atom is 0.259 e. The van der Waals surface area contributed by atoms with Crippen molar-refractivity contribution in [3.05, 3.63) is 228 Å². The minimum atomic E-state index is 0.0540. The van der Waals surface area contributed by atoms with Crippen molar-refractivity contribution in [1.29, 1.82) is 0 Å². The van der Waals surface area contributed by atoms with Gasteiger partial charge in [0.15, 0.2) is 5.65 Å². The lowest BCUT2D eigenvalue weighted by Gasteiger charge is -2.20. The fourth-order valence-corrected chi connectivity index (χ4v) is 11.8. The van der Waals surface area contributed by atoms with Crippen molar-refractivity contribution in [2.75, 3.05) is 56.9 Å². The average Bonchev–Trinajstić information content (AvgIpc) is 1.60. The number of hydrogen-bond acceptors (Lipinski definition) is 14. The second-order valence-electron chi connectivity index (χ2n) is 20.2. The topological polar surface area (TPSA) is 161 Å². The first-order valence-electron chi connectivity index (χ1n) is 28.2. The quantitative estimate of drug-likeness (QED) is 0.0900. The number of aromatic nitrogens is 7. The maximum absolute atomic E-state index is 6.56. The second kappa shape index (κ2) is 23.9. The Labute approximate surface area is 507 Å². The molecule has 434 valence electrons. The molecule has 16 nitrogen and oxygen atoms in total. The molecule has 0 radical (unpaired) electrons. The minimum absolute atomic E-state index is 0.0540. The summed E-state index contributed by atoms with van der Waals surface area (Å²) in [4.78, 5) is 22.2. The summed E-state index contributed by atoms with van der Waals surface area (Å²) in [6.45, 7) is 0. The van der Waals surface area contributed by atoms with Gasteiger partial charge in [0.1, 0.15) is 57.4 Å². The van der Waals surface area contributed by atoms with Gasteiger partial charge >= 0.3 is 0 Å². The molecule has 2 aliphatic rings. The van der Waals surface area contributed by atoms with Crippen LogP contribution in [0.5, 0.6) is 46.0 Å². The van der Waals surface area contributed by atoms with E-state index in [-0.39, 0.29) is 11.7 Å². The Hall–Kier alpha value is -11.5. The van der Waals surface area contributed by atoms with E-state index in [1.54, 1.807) is 56.9 Å². The number of para-hydroxylation sites is 10. The Morgan fingerprint density at radius 1 is 0.318 bits per heavy atom. The number of hydrogen-bond donors (Lipinski definition) is 0. The van der Waals surface area contributed by atoms with Crippen LogP contribution in [0.2, 0.25) is 0 Å². The van der Waals surface area contributed by atoms with E-state index < -0.39 is 0 Å². The van der Waals surface area contributed by atoms with E-state index in [9.17, 15) is 0 Å². The maximum atomic E-state index is 6.56. The molecule has 0 atom stereocenters. The van der Waals surface area contributed by atoms with Crippen LogP contribution in [0, 0.1) is 0 Å². The van der Waals surface area contributed by atoms with Crippen LogP contribution < -0.4 is 37.9 Å². The van der Waals surface area contributed by atoms with Gasteiger partial charge in [-0.15, -0.1) is 10.2 Å². The monoisotopic (exact) mass is 1160 g/mol. The molecule has 0 amide bonds. The molecule has 0 aliphatic carbocycles. The molecule has 0 saturated carbocycles. The molecule has 0 unspecified atom stereocenters. The summed E-state index contributed by atoms with van der Waals surface area (Å²) in [5.74, 6) is 4.59. The molecule has 0 N–H and O–H groups in total. The third-order valence-corrected chi connectivity index (χ3v) is 15.6. The highest BCUT2D eigenvalue weighted by Gasteiger charge is 2.36. The second-order valence-corrected chi connectivity index (χ2v) is 20.2. The van der Waals surface area contributed by atoms with Crippen LogP contribution in [0.25, 0.3) is 90.0 Å². The van der Waals surface area contributed by atoms with Crippen molar-refractivity contribution in [2.24, 2.45) is 4.99 Å². The Kier molecular flexibility index (Phi) is 15.1. The van der Waals surface area contributed by atoms with Crippen LogP contribution in [-0.4, -0.2) is 96.9 Å². The van der Waals surface area contributed by atoms with Crippen LogP contribution in [-0.2, 0) is 0 Å². The smallest absolute Gasteiger partial charge is 0.259 e. The van der Waals surface area contributed by atoms with Crippen LogP contribution >= 0.6 is 0 Å². The van der Waals surface area contributed by atoms with Crippen LogP contribution in [0.3, 0.4) is 0 Å². The van der Waals surface area contributed by atoms with Gasteiger partial charge in [-0.1, -0.05) is 127 Å². The van der Waals surface area contributed by atoms with Crippen molar-refractivity contribution >= 4 is 45.8 Å². The highest BCUT2D eigenvalue weighted by molar-refractivity contribution is 6.23. The van der Waals surface area contributed by atoms with Crippen molar-refractivity contribution in [3.8, 4) is 102 Å². The van der Waals surface area contributed by atoms with Crippen molar-refractivity contribution in [3.63, 3.8) is 0 Å². The molecule has 2 aliphatic heterocycles. The van der Waals surface area contributed by atoms with Crippen LogP contribution in [0.15, 0.2) is 205 Å². The lowest BCUT2D eigenvalue weighted by Crippen LogP contribution is -2.08. The molecule has 13 rings (SSSR count). The van der Waals surface area contributed by atoms with E-state index in [0.29, 0.717) is 152 Å². The van der Waals surface area contributed by atoms with Gasteiger partial charge in [-0.3, -0.25) is 4.57 Å². The highest BCUT2D eigenvalue weighted by Crippen LogP contribution is 2.56. The predicted molar refractivity (Wildman–Crippen MR) is 344 cm³/mol. The SMILES string of the molecule is COc1ccccc1C1=Cc2cc3nnc(nc4nc(c(-c5ccccc5OC)c5c(-c6ccccc6OC)c(-c6ccccc6OC)c(c(-c6ccccc6OC)c1n2)n5-c1ccccc1OC)C(c1ccccc1OC)=N4)n3-c1ccccc1OC. The van der Waals surface area contributed by atoms with Gasteiger partial charge in [-0.25, -0.2) is 15.0 Å². The van der Waals surface area contributed by atoms with Gasteiger partial charge in [0.05, 0.1) is 90.7 Å². The van der Waals surface area contributed by atoms with E-state index in [1.807, 2.05) is 193 Å². The molecule has 3 aromatic heterocycles. The number of fused-ring (bicyclic) bond motifs is 8. The van der Waals surface area contributed by atoms with E-state index >= 15 is 0 Å². The van der Waals surface area contributed by atoms with Gasteiger partial charge in [-0.05, 0) is 72.8 Å². The van der Waals surface area contributed by atoms with E-state index in [0.717, 1.165) is 5.56 Å². The molecule has 0 spiro atoms. The number of ether oxygens (including phenoxy) is 8. The first-order chi connectivity index (χ1) is 43.3. The summed E-state index contributed by atoms with van der Waals surface area (Å²) in [6, 6.07) is 64.8. The lowest BCUT2D eigenvalue weighted by molar-refractivity contribution is 0.413. The Morgan fingerprint density at radius 2 is 0.682 bits per heavy atom. The largest absolute Gasteiger partial charge is 0.496 e. The van der Waals surface area contributed by atoms with Gasteiger partial charge in [0.2, 0.25) is 0 Å². The van der Waals surface area contributed by atoms with Gasteiger partial charge in [-0.2, -0.15) is 4.98 Å². The zero-order chi connectivity index (χ0) is 60.4. The lowest BCUT2D eigenvalue weighted by atomic mass is 9.88. The fourth-order valence-electron chi connectivity index (χ4n) is 11.8. The fraction of sp³-hybridized carbons (Fsp3) is 0.111. The molecule has 8 bridgehead atoms. The summed E-state index contributed by atoms with van der Waals surface area (Å²) in [7, 11) is 13.3. The zero-order valence-electron chi connectivity index (χ0n) is 49.5. The third-order valence-electron chi connectivity index (χ3n) is 15.6. The summed E-state index contributed by atoms with van der Waals surface area (Å²) in [5, 5.41) is 9.70. The van der Waals surface area contributed by atoms with Gasteiger partial charge < -0.3 is 42.5 Å². The predicted octanol–water partition coefficient (Wildman–Crippen LogP) is 14.9. The summed E-state index contributed by atoms with van der Waals surface area (Å²) in [6.07, 6.45) is 2.04. The number of benzene rings is 8. The van der Waals surface area contributed by atoms with Crippen LogP contribution in [0.1, 0.15) is 28.2 Å². The molecule has 8 aromatic carbocycles. The summed E-state index contributed by atoms with van der Waals surface area (Å²) < 4.78 is 55.3. The van der Waals surface area contributed by atoms with E-state index in [2.05, 4.69) is 22.8 Å². The van der Waals surface area contributed by atoms with E-state index in [4.69, 9.17) is 68.0 Å². The Balaban J connectivity index is 1.47. The first kappa shape index (κ1) is 55.7. The van der Waals surface area contributed by atoms with Gasteiger partial charge in [0, 0.05) is 67.3 Å². The van der Waals surface area contributed by atoms with Crippen molar-refractivity contribution < 1.29 is 37.9 Å². The molecule has 5 heterocycles. The summed E-state index contributed by atoms with van der Waals surface area (Å²) >= 11 is 0. The Morgan fingerprint density at radius 3 is 1.15 bits per heavy atom. The molecular weight excluding hydrogens is 1100 g/mol. The number of nitrogens with zero attached hydrogens (tertiary/aromatic N) is 8. The molecular formula is C72H58N8O8. The van der Waals surface area contributed by atoms with Crippen molar-refractivity contribution in [1.82, 2.24) is 34.3 Å².